The molecule has 0 spiro atoms. The summed E-state index contributed by atoms with van der Waals surface area (Å²) in [5.74, 6) is 0.416. The van der Waals surface area contributed by atoms with E-state index in [9.17, 15) is 9.90 Å². The Kier molecular flexibility index (Phi) is 4.12. The summed E-state index contributed by atoms with van der Waals surface area (Å²) in [4.78, 5) is 31.5. The maximum atomic E-state index is 13.5. The number of piperidine rings is 1. The Bertz CT molecular complexity index is 1000. The van der Waals surface area contributed by atoms with Crippen molar-refractivity contribution in [3.8, 4) is 0 Å². The summed E-state index contributed by atoms with van der Waals surface area (Å²) >= 11 is 0. The molecule has 2 aromatic heterocycles. The standard InChI is InChI=1S/C21H23N5O2/c27-19(14-5-3-7-16-18(14)25-13-24-16)26-12-9-21(28,20-22-10-4-11-23-20)15-6-1-2-8-17(15)26/h3-5,7,10-11,13,15,17,28H,1-2,6,8-9,12H2,(H,24,25)/t15-,17-,21-/m1/s1. The largest absolute Gasteiger partial charge is 0.381 e. The van der Waals surface area contributed by atoms with Gasteiger partial charge in [-0.15, -0.1) is 0 Å². The summed E-state index contributed by atoms with van der Waals surface area (Å²) in [5.41, 5.74) is 1.09. The van der Waals surface area contributed by atoms with E-state index in [2.05, 4.69) is 19.9 Å². The number of aliphatic hydroxyl groups is 1. The lowest BCUT2D eigenvalue weighted by atomic mass is 9.68. The molecule has 2 aliphatic rings. The first kappa shape index (κ1) is 17.3. The highest BCUT2D eigenvalue weighted by molar-refractivity contribution is 6.05. The first-order chi connectivity index (χ1) is 13.7. The molecule has 7 heteroatoms. The van der Waals surface area contributed by atoms with Crippen LogP contribution in [0.2, 0.25) is 0 Å². The second-order valence-corrected chi connectivity index (χ2v) is 7.81. The Morgan fingerprint density at radius 2 is 1.96 bits per heavy atom. The number of hydrogen-bond donors (Lipinski definition) is 2. The molecule has 2 N–H and O–H groups in total. The summed E-state index contributed by atoms with van der Waals surface area (Å²) < 4.78 is 0. The lowest BCUT2D eigenvalue weighted by Gasteiger charge is -2.51. The SMILES string of the molecule is O=C(c1cccc2[nH]cnc12)N1CC[C@](O)(c2ncccn2)[C@@H]2CCCC[C@H]21. The van der Waals surface area contributed by atoms with Gasteiger partial charge in [-0.05, 0) is 31.0 Å². The van der Waals surface area contributed by atoms with Crippen LogP contribution in [-0.2, 0) is 5.60 Å². The van der Waals surface area contributed by atoms with Crippen molar-refractivity contribution in [1.29, 1.82) is 0 Å². The van der Waals surface area contributed by atoms with Crippen LogP contribution in [0.25, 0.3) is 11.0 Å². The third kappa shape index (κ3) is 2.61. The number of para-hydroxylation sites is 1. The molecule has 1 saturated carbocycles. The number of amides is 1. The van der Waals surface area contributed by atoms with Gasteiger partial charge in [-0.3, -0.25) is 4.79 Å². The molecule has 1 aliphatic carbocycles. The first-order valence-electron chi connectivity index (χ1n) is 9.91. The van der Waals surface area contributed by atoms with Gasteiger partial charge in [0.2, 0.25) is 0 Å². The number of likely N-dealkylation sites (tertiary alicyclic amines) is 1. The smallest absolute Gasteiger partial charge is 0.256 e. The Balaban J connectivity index is 1.51. The van der Waals surface area contributed by atoms with E-state index in [-0.39, 0.29) is 17.9 Å². The summed E-state index contributed by atoms with van der Waals surface area (Å²) in [6, 6.07) is 7.38. The zero-order valence-electron chi connectivity index (χ0n) is 15.6. The molecule has 1 aliphatic heterocycles. The molecular formula is C21H23N5O2. The number of aromatic amines is 1. The second kappa shape index (κ2) is 6.67. The Morgan fingerprint density at radius 3 is 2.82 bits per heavy atom. The summed E-state index contributed by atoms with van der Waals surface area (Å²) in [7, 11) is 0. The fourth-order valence-electron chi connectivity index (χ4n) is 5.03. The Hall–Kier alpha value is -2.80. The van der Waals surface area contributed by atoms with Gasteiger partial charge in [0.25, 0.3) is 5.91 Å². The van der Waals surface area contributed by atoms with E-state index in [0.717, 1.165) is 31.2 Å². The number of hydrogen-bond acceptors (Lipinski definition) is 5. The number of H-pyrrole nitrogens is 1. The highest BCUT2D eigenvalue weighted by Gasteiger charge is 2.52. The topological polar surface area (TPSA) is 95.0 Å². The normalized spacial score (nSPS) is 27.5. The molecule has 1 saturated heterocycles. The maximum absolute atomic E-state index is 13.5. The van der Waals surface area contributed by atoms with E-state index in [4.69, 9.17) is 0 Å². The molecule has 0 bridgehead atoms. The highest BCUT2D eigenvalue weighted by Crippen LogP contribution is 2.46. The van der Waals surface area contributed by atoms with Gasteiger partial charge in [-0.1, -0.05) is 18.9 Å². The van der Waals surface area contributed by atoms with Crippen LogP contribution < -0.4 is 0 Å². The Labute approximate surface area is 162 Å². The van der Waals surface area contributed by atoms with Crippen molar-refractivity contribution in [2.75, 3.05) is 6.54 Å². The van der Waals surface area contributed by atoms with E-state index in [1.165, 1.54) is 0 Å². The molecule has 2 fully saturated rings. The number of aromatic nitrogens is 4. The van der Waals surface area contributed by atoms with E-state index in [1.807, 2.05) is 23.1 Å². The van der Waals surface area contributed by atoms with Crippen LogP contribution in [0.3, 0.4) is 0 Å². The number of fused-ring (bicyclic) bond motifs is 2. The molecule has 28 heavy (non-hydrogen) atoms. The molecule has 1 amide bonds. The van der Waals surface area contributed by atoms with Crippen LogP contribution in [0.5, 0.6) is 0 Å². The van der Waals surface area contributed by atoms with Crippen molar-refractivity contribution in [2.24, 2.45) is 5.92 Å². The maximum Gasteiger partial charge on any atom is 0.256 e. The number of nitrogens with zero attached hydrogens (tertiary/aromatic N) is 4. The van der Waals surface area contributed by atoms with E-state index >= 15 is 0 Å². The van der Waals surface area contributed by atoms with Crippen LogP contribution in [0.15, 0.2) is 43.0 Å². The van der Waals surface area contributed by atoms with E-state index < -0.39 is 5.60 Å². The van der Waals surface area contributed by atoms with Gasteiger partial charge >= 0.3 is 0 Å². The molecule has 5 rings (SSSR count). The van der Waals surface area contributed by atoms with Crippen LogP contribution in [0.4, 0.5) is 0 Å². The number of rotatable bonds is 2. The van der Waals surface area contributed by atoms with Crippen LogP contribution in [0.1, 0.15) is 48.3 Å². The number of carbonyl (C=O) groups is 1. The zero-order chi connectivity index (χ0) is 19.1. The summed E-state index contributed by atoms with van der Waals surface area (Å²) in [6.07, 6.45) is 9.28. The van der Waals surface area contributed by atoms with Crippen molar-refractivity contribution >= 4 is 16.9 Å². The first-order valence-corrected chi connectivity index (χ1v) is 9.91. The predicted octanol–water partition coefficient (Wildman–Crippen LogP) is 2.65. The number of carbonyl (C=O) groups excluding carboxylic acids is 1. The summed E-state index contributed by atoms with van der Waals surface area (Å²) in [6.45, 7) is 0.482. The fraction of sp³-hybridized carbons (Fsp3) is 0.429. The second-order valence-electron chi connectivity index (χ2n) is 7.81. The molecule has 144 valence electrons. The molecule has 7 nitrogen and oxygen atoms in total. The zero-order valence-corrected chi connectivity index (χ0v) is 15.6. The van der Waals surface area contributed by atoms with Crippen LogP contribution in [0, 0.1) is 5.92 Å². The van der Waals surface area contributed by atoms with Gasteiger partial charge in [0.15, 0.2) is 5.82 Å². The minimum Gasteiger partial charge on any atom is -0.381 e. The van der Waals surface area contributed by atoms with Crippen molar-refractivity contribution in [2.45, 2.75) is 43.7 Å². The van der Waals surface area contributed by atoms with E-state index in [0.29, 0.717) is 29.9 Å². The summed E-state index contributed by atoms with van der Waals surface area (Å²) in [5, 5.41) is 11.6. The quantitative estimate of drug-likeness (QED) is 0.716. The molecule has 3 atom stereocenters. The molecule has 3 heterocycles. The van der Waals surface area contributed by atoms with Crippen molar-refractivity contribution in [1.82, 2.24) is 24.8 Å². The average molecular weight is 377 g/mol. The molecule has 1 aromatic carbocycles. The Morgan fingerprint density at radius 1 is 1.14 bits per heavy atom. The lowest BCUT2D eigenvalue weighted by Crippen LogP contribution is -2.59. The van der Waals surface area contributed by atoms with Crippen molar-refractivity contribution < 1.29 is 9.90 Å². The van der Waals surface area contributed by atoms with Gasteiger partial charge in [0, 0.05) is 37.3 Å². The van der Waals surface area contributed by atoms with Gasteiger partial charge < -0.3 is 15.0 Å². The van der Waals surface area contributed by atoms with E-state index in [1.54, 1.807) is 24.8 Å². The molecule has 3 aromatic rings. The van der Waals surface area contributed by atoms with Gasteiger partial charge in [0.05, 0.1) is 17.4 Å². The number of benzene rings is 1. The van der Waals surface area contributed by atoms with Crippen molar-refractivity contribution in [3.05, 3.63) is 54.4 Å². The minimum atomic E-state index is -1.08. The molecule has 0 radical (unpaired) electrons. The molecule has 0 unspecified atom stereocenters. The van der Waals surface area contributed by atoms with Gasteiger partial charge in [-0.25, -0.2) is 15.0 Å². The third-order valence-electron chi connectivity index (χ3n) is 6.37. The van der Waals surface area contributed by atoms with Gasteiger partial charge in [0.1, 0.15) is 11.1 Å². The monoisotopic (exact) mass is 377 g/mol. The predicted molar refractivity (Wildman–Crippen MR) is 103 cm³/mol. The van der Waals surface area contributed by atoms with Crippen LogP contribution in [-0.4, -0.2) is 48.4 Å². The average Bonchev–Trinajstić information content (AvgIpc) is 3.23. The van der Waals surface area contributed by atoms with Crippen molar-refractivity contribution in [3.63, 3.8) is 0 Å². The lowest BCUT2D eigenvalue weighted by molar-refractivity contribution is -0.115. The van der Waals surface area contributed by atoms with Crippen LogP contribution >= 0.6 is 0 Å². The minimum absolute atomic E-state index is 0.00868. The third-order valence-corrected chi connectivity index (χ3v) is 6.37. The molecular weight excluding hydrogens is 354 g/mol. The highest BCUT2D eigenvalue weighted by atomic mass is 16.3. The number of imidazole rings is 1. The number of nitrogens with one attached hydrogen (secondary N) is 1. The van der Waals surface area contributed by atoms with Gasteiger partial charge in [-0.2, -0.15) is 0 Å². The fourth-order valence-corrected chi connectivity index (χ4v) is 5.03.